The highest BCUT2D eigenvalue weighted by atomic mass is 32.2. The SMILES string of the molecule is CCCCCNC1C(=O)N2C(C(=O)O)=C(CO)CS[C@@H]12. The van der Waals surface area contributed by atoms with Crippen molar-refractivity contribution in [2.24, 2.45) is 0 Å². The number of nitrogens with one attached hydrogen (secondary N) is 1. The number of hydrogen-bond donors (Lipinski definition) is 3. The summed E-state index contributed by atoms with van der Waals surface area (Å²) >= 11 is 1.50. The molecule has 0 aromatic carbocycles. The lowest BCUT2D eigenvalue weighted by Crippen LogP contribution is -2.70. The Morgan fingerprint density at radius 3 is 2.85 bits per heavy atom. The minimum atomic E-state index is -1.14. The summed E-state index contributed by atoms with van der Waals surface area (Å²) in [5.41, 5.74) is 0.379. The average molecular weight is 300 g/mol. The summed E-state index contributed by atoms with van der Waals surface area (Å²) in [5, 5.41) is 21.5. The number of rotatable bonds is 7. The van der Waals surface area contributed by atoms with Gasteiger partial charge in [0.25, 0.3) is 0 Å². The van der Waals surface area contributed by atoms with Gasteiger partial charge in [0.15, 0.2) is 0 Å². The number of aliphatic hydroxyl groups is 1. The minimum Gasteiger partial charge on any atom is -0.477 e. The Morgan fingerprint density at radius 1 is 1.50 bits per heavy atom. The third kappa shape index (κ3) is 2.70. The number of hydrogen-bond acceptors (Lipinski definition) is 5. The zero-order valence-corrected chi connectivity index (χ0v) is 12.3. The number of nitrogens with zero attached hydrogens (tertiary/aromatic N) is 1. The molecule has 2 heterocycles. The van der Waals surface area contributed by atoms with Crippen LogP contribution < -0.4 is 5.32 Å². The summed E-state index contributed by atoms with van der Waals surface area (Å²) in [7, 11) is 0. The molecule has 3 N–H and O–H groups in total. The predicted octanol–water partition coefficient (Wildman–Crippen LogP) is 0.381. The lowest BCUT2D eigenvalue weighted by atomic mass is 10.0. The molecule has 1 unspecified atom stereocenters. The van der Waals surface area contributed by atoms with Crippen LogP contribution in [0, 0.1) is 0 Å². The Kier molecular flexibility index (Phi) is 5.06. The molecule has 0 bridgehead atoms. The zero-order valence-electron chi connectivity index (χ0n) is 11.5. The van der Waals surface area contributed by atoms with Crippen molar-refractivity contribution < 1.29 is 19.8 Å². The van der Waals surface area contributed by atoms with E-state index >= 15 is 0 Å². The molecule has 0 saturated carbocycles. The lowest BCUT2D eigenvalue weighted by molar-refractivity contribution is -0.149. The average Bonchev–Trinajstić information content (AvgIpc) is 2.45. The molecule has 0 aromatic rings. The number of carboxylic acids is 1. The molecular weight excluding hydrogens is 280 g/mol. The van der Waals surface area contributed by atoms with E-state index in [1.54, 1.807) is 0 Å². The molecule has 1 saturated heterocycles. The number of aliphatic hydroxyl groups excluding tert-OH is 1. The number of unbranched alkanes of at least 4 members (excludes halogenated alkanes) is 2. The van der Waals surface area contributed by atoms with Gasteiger partial charge in [0.05, 0.1) is 6.61 Å². The summed E-state index contributed by atoms with van der Waals surface area (Å²) in [4.78, 5) is 24.7. The number of fused-ring (bicyclic) bond motifs is 1. The van der Waals surface area contributed by atoms with Crippen LogP contribution in [-0.4, -0.2) is 57.3 Å². The van der Waals surface area contributed by atoms with Gasteiger partial charge in [0.1, 0.15) is 17.1 Å². The monoisotopic (exact) mass is 300 g/mol. The maximum absolute atomic E-state index is 12.1. The van der Waals surface area contributed by atoms with E-state index in [4.69, 9.17) is 0 Å². The summed E-state index contributed by atoms with van der Waals surface area (Å²) in [6.07, 6.45) is 3.25. The Bertz CT molecular complexity index is 438. The molecule has 1 fully saturated rings. The molecule has 2 aliphatic heterocycles. The summed E-state index contributed by atoms with van der Waals surface area (Å²) in [5.74, 6) is -0.890. The van der Waals surface area contributed by atoms with Crippen LogP contribution in [0.4, 0.5) is 0 Å². The highest BCUT2D eigenvalue weighted by Crippen LogP contribution is 2.40. The quantitative estimate of drug-likeness (QED) is 0.465. The second kappa shape index (κ2) is 6.60. The smallest absolute Gasteiger partial charge is 0.352 e. The molecule has 6 nitrogen and oxygen atoms in total. The molecular formula is C13H20N2O4S. The molecule has 1 amide bonds. The van der Waals surface area contributed by atoms with Gasteiger partial charge in [-0.25, -0.2) is 4.79 Å². The number of carbonyl (C=O) groups excluding carboxylic acids is 1. The maximum Gasteiger partial charge on any atom is 0.352 e. The first-order valence-electron chi connectivity index (χ1n) is 6.86. The topological polar surface area (TPSA) is 89.9 Å². The second-order valence-electron chi connectivity index (χ2n) is 4.96. The molecule has 112 valence electrons. The molecule has 2 atom stereocenters. The Balaban J connectivity index is 2.01. The predicted molar refractivity (Wildman–Crippen MR) is 76.2 cm³/mol. The van der Waals surface area contributed by atoms with Gasteiger partial charge in [0.2, 0.25) is 5.91 Å². The van der Waals surface area contributed by atoms with Crippen molar-refractivity contribution in [3.05, 3.63) is 11.3 Å². The molecule has 7 heteroatoms. The van der Waals surface area contributed by atoms with Crippen LogP contribution in [0.5, 0.6) is 0 Å². The highest BCUT2D eigenvalue weighted by molar-refractivity contribution is 8.00. The molecule has 20 heavy (non-hydrogen) atoms. The van der Waals surface area contributed by atoms with E-state index in [1.165, 1.54) is 16.7 Å². The van der Waals surface area contributed by atoms with Crippen molar-refractivity contribution in [2.75, 3.05) is 18.9 Å². The Labute approximate surface area is 122 Å². The third-order valence-electron chi connectivity index (χ3n) is 3.59. The van der Waals surface area contributed by atoms with Gasteiger partial charge < -0.3 is 15.5 Å². The van der Waals surface area contributed by atoms with Crippen molar-refractivity contribution in [2.45, 2.75) is 37.6 Å². The van der Waals surface area contributed by atoms with Crippen LogP contribution in [0.1, 0.15) is 26.2 Å². The summed E-state index contributed by atoms with van der Waals surface area (Å²) in [6, 6.07) is -0.300. The fourth-order valence-corrected chi connectivity index (χ4v) is 3.86. The van der Waals surface area contributed by atoms with Crippen LogP contribution in [0.2, 0.25) is 0 Å². The Hall–Kier alpha value is -1.05. The van der Waals surface area contributed by atoms with Gasteiger partial charge in [0, 0.05) is 5.75 Å². The summed E-state index contributed by atoms with van der Waals surface area (Å²) < 4.78 is 0. The van der Waals surface area contributed by atoms with E-state index < -0.39 is 5.97 Å². The minimum absolute atomic E-state index is 0.0344. The van der Waals surface area contributed by atoms with Crippen molar-refractivity contribution >= 4 is 23.6 Å². The van der Waals surface area contributed by atoms with Gasteiger partial charge in [-0.15, -0.1) is 11.8 Å². The standard InChI is InChI=1S/C13H20N2O4S/c1-2-3-4-5-14-9-11(17)15-10(13(18)19)8(6-16)7-20-12(9)15/h9,12,14,16H,2-7H2,1H3,(H,18,19)/t9?,12-/m0/s1. The number of carbonyl (C=O) groups is 2. The van der Waals surface area contributed by atoms with E-state index in [9.17, 15) is 19.8 Å². The Morgan fingerprint density at radius 2 is 2.25 bits per heavy atom. The van der Waals surface area contributed by atoms with Gasteiger partial charge in [-0.3, -0.25) is 9.69 Å². The first kappa shape index (κ1) is 15.3. The fourth-order valence-electron chi connectivity index (χ4n) is 2.49. The summed E-state index contributed by atoms with van der Waals surface area (Å²) in [6.45, 7) is 2.57. The molecule has 0 aliphatic carbocycles. The van der Waals surface area contributed by atoms with Gasteiger partial charge >= 0.3 is 5.97 Å². The highest BCUT2D eigenvalue weighted by Gasteiger charge is 2.53. The number of amides is 1. The van der Waals surface area contributed by atoms with Crippen molar-refractivity contribution in [1.82, 2.24) is 10.2 Å². The fraction of sp³-hybridized carbons (Fsp3) is 0.692. The number of thioether (sulfide) groups is 1. The van der Waals surface area contributed by atoms with Crippen LogP contribution in [0.15, 0.2) is 11.3 Å². The van der Waals surface area contributed by atoms with Crippen LogP contribution in [-0.2, 0) is 9.59 Å². The second-order valence-corrected chi connectivity index (χ2v) is 6.07. The van der Waals surface area contributed by atoms with Crippen molar-refractivity contribution in [3.8, 4) is 0 Å². The number of carboxylic acid groups (broad SMARTS) is 1. The molecule has 0 radical (unpaired) electrons. The molecule has 2 rings (SSSR count). The first-order chi connectivity index (χ1) is 9.61. The first-order valence-corrected chi connectivity index (χ1v) is 7.91. The van der Waals surface area contributed by atoms with E-state index in [0.29, 0.717) is 11.3 Å². The molecule has 0 spiro atoms. The normalized spacial score (nSPS) is 25.5. The largest absolute Gasteiger partial charge is 0.477 e. The van der Waals surface area contributed by atoms with Crippen molar-refractivity contribution in [1.29, 1.82) is 0 Å². The van der Waals surface area contributed by atoms with Crippen LogP contribution in [0.25, 0.3) is 0 Å². The van der Waals surface area contributed by atoms with E-state index in [-0.39, 0.29) is 29.6 Å². The van der Waals surface area contributed by atoms with Gasteiger partial charge in [-0.05, 0) is 18.5 Å². The van der Waals surface area contributed by atoms with Crippen LogP contribution >= 0.6 is 11.8 Å². The van der Waals surface area contributed by atoms with Gasteiger partial charge in [-0.1, -0.05) is 19.8 Å². The van der Waals surface area contributed by atoms with Crippen LogP contribution in [0.3, 0.4) is 0 Å². The lowest BCUT2D eigenvalue weighted by Gasteiger charge is -2.49. The molecule has 0 aromatic heterocycles. The van der Waals surface area contributed by atoms with E-state index in [1.807, 2.05) is 0 Å². The van der Waals surface area contributed by atoms with Crippen molar-refractivity contribution in [3.63, 3.8) is 0 Å². The third-order valence-corrected chi connectivity index (χ3v) is 4.92. The van der Waals surface area contributed by atoms with E-state index in [2.05, 4.69) is 12.2 Å². The number of aliphatic carboxylic acids is 1. The number of β-lactam (4-membered cyclic amide) rings is 1. The zero-order chi connectivity index (χ0) is 14.7. The maximum atomic E-state index is 12.1. The molecule has 2 aliphatic rings. The van der Waals surface area contributed by atoms with Gasteiger partial charge in [-0.2, -0.15) is 0 Å². The van der Waals surface area contributed by atoms with E-state index in [0.717, 1.165) is 25.8 Å².